The molecule has 0 aliphatic carbocycles. The molecule has 1 aromatic heterocycles. The molecule has 3 rings (SSSR count). The maximum absolute atomic E-state index is 13.2. The van der Waals surface area contributed by atoms with Gasteiger partial charge < -0.3 is 5.73 Å². The summed E-state index contributed by atoms with van der Waals surface area (Å²) in [7, 11) is 0. The molecule has 2 N–H and O–H groups in total. The van der Waals surface area contributed by atoms with Crippen molar-refractivity contribution in [3.05, 3.63) is 59.9 Å². The van der Waals surface area contributed by atoms with E-state index in [1.807, 2.05) is 30.3 Å². The van der Waals surface area contributed by atoms with Gasteiger partial charge in [0.25, 0.3) is 0 Å². The monoisotopic (exact) mass is 269 g/mol. The van der Waals surface area contributed by atoms with Gasteiger partial charge in [-0.1, -0.05) is 30.3 Å². The molecular formula is C14H12FN5. The molecule has 0 unspecified atom stereocenters. The predicted molar refractivity (Wildman–Crippen MR) is 72.4 cm³/mol. The average molecular weight is 269 g/mol. The SMILES string of the molecule is NCc1cc(F)ccc1-n1nnc(-c2ccccc2)n1. The summed E-state index contributed by atoms with van der Waals surface area (Å²) in [5, 5.41) is 12.3. The van der Waals surface area contributed by atoms with E-state index in [0.29, 0.717) is 17.1 Å². The van der Waals surface area contributed by atoms with E-state index in [0.717, 1.165) is 5.56 Å². The van der Waals surface area contributed by atoms with Crippen LogP contribution < -0.4 is 5.73 Å². The quantitative estimate of drug-likeness (QED) is 0.788. The van der Waals surface area contributed by atoms with Crippen molar-refractivity contribution in [2.45, 2.75) is 6.54 Å². The smallest absolute Gasteiger partial charge is 0.205 e. The largest absolute Gasteiger partial charge is 0.326 e. The van der Waals surface area contributed by atoms with Crippen molar-refractivity contribution in [1.29, 1.82) is 0 Å². The zero-order valence-corrected chi connectivity index (χ0v) is 10.6. The summed E-state index contributed by atoms with van der Waals surface area (Å²) in [6.07, 6.45) is 0. The number of benzene rings is 2. The molecule has 0 spiro atoms. The Morgan fingerprint density at radius 3 is 2.65 bits per heavy atom. The van der Waals surface area contributed by atoms with Crippen LogP contribution in [0.5, 0.6) is 0 Å². The lowest BCUT2D eigenvalue weighted by Crippen LogP contribution is -2.07. The van der Waals surface area contributed by atoms with Gasteiger partial charge in [0.2, 0.25) is 5.82 Å². The second kappa shape index (κ2) is 5.18. The highest BCUT2D eigenvalue weighted by Gasteiger charge is 2.10. The second-order valence-corrected chi connectivity index (χ2v) is 4.25. The Balaban J connectivity index is 2.02. The lowest BCUT2D eigenvalue weighted by molar-refractivity contribution is 0.621. The molecular weight excluding hydrogens is 257 g/mol. The van der Waals surface area contributed by atoms with Gasteiger partial charge >= 0.3 is 0 Å². The third-order valence-electron chi connectivity index (χ3n) is 2.92. The third-order valence-corrected chi connectivity index (χ3v) is 2.92. The van der Waals surface area contributed by atoms with E-state index >= 15 is 0 Å². The van der Waals surface area contributed by atoms with Gasteiger partial charge in [-0.3, -0.25) is 0 Å². The van der Waals surface area contributed by atoms with Crippen LogP contribution in [0, 0.1) is 5.82 Å². The van der Waals surface area contributed by atoms with Crippen LogP contribution in [0.4, 0.5) is 4.39 Å². The molecule has 0 saturated carbocycles. The minimum absolute atomic E-state index is 0.204. The topological polar surface area (TPSA) is 69.6 Å². The van der Waals surface area contributed by atoms with Gasteiger partial charge in [-0.15, -0.1) is 15.0 Å². The van der Waals surface area contributed by atoms with Crippen LogP contribution in [0.2, 0.25) is 0 Å². The molecule has 2 aromatic carbocycles. The maximum Gasteiger partial charge on any atom is 0.205 e. The Bertz CT molecular complexity index is 723. The highest BCUT2D eigenvalue weighted by Crippen LogP contribution is 2.17. The van der Waals surface area contributed by atoms with Gasteiger partial charge in [-0.25, -0.2) is 4.39 Å². The molecule has 20 heavy (non-hydrogen) atoms. The predicted octanol–water partition coefficient (Wildman–Crippen LogP) is 1.93. The highest BCUT2D eigenvalue weighted by molar-refractivity contribution is 5.53. The minimum Gasteiger partial charge on any atom is -0.326 e. The lowest BCUT2D eigenvalue weighted by Gasteiger charge is -2.05. The molecule has 0 saturated heterocycles. The molecule has 0 atom stereocenters. The Hall–Kier alpha value is -2.60. The number of aromatic nitrogens is 4. The molecule has 0 bridgehead atoms. The van der Waals surface area contributed by atoms with Gasteiger partial charge in [0.05, 0.1) is 5.69 Å². The second-order valence-electron chi connectivity index (χ2n) is 4.25. The molecule has 100 valence electrons. The van der Waals surface area contributed by atoms with Gasteiger partial charge in [0, 0.05) is 12.1 Å². The van der Waals surface area contributed by atoms with Crippen LogP contribution in [-0.4, -0.2) is 20.2 Å². The van der Waals surface area contributed by atoms with Crippen LogP contribution in [0.1, 0.15) is 5.56 Å². The summed E-state index contributed by atoms with van der Waals surface area (Å²) in [4.78, 5) is 1.37. The van der Waals surface area contributed by atoms with E-state index in [2.05, 4.69) is 15.4 Å². The fourth-order valence-electron chi connectivity index (χ4n) is 1.93. The number of nitrogens with zero attached hydrogens (tertiary/aromatic N) is 4. The first-order valence-corrected chi connectivity index (χ1v) is 6.12. The average Bonchev–Trinajstić information content (AvgIpc) is 2.97. The molecule has 0 radical (unpaired) electrons. The summed E-state index contributed by atoms with van der Waals surface area (Å²) >= 11 is 0. The van der Waals surface area contributed by atoms with Crippen molar-refractivity contribution in [3.63, 3.8) is 0 Å². The molecule has 0 amide bonds. The van der Waals surface area contributed by atoms with Gasteiger partial charge in [0.15, 0.2) is 0 Å². The van der Waals surface area contributed by atoms with Gasteiger partial charge in [-0.2, -0.15) is 0 Å². The summed E-state index contributed by atoms with van der Waals surface area (Å²) in [5.74, 6) is 0.176. The first kappa shape index (κ1) is 12.4. The molecule has 6 heteroatoms. The Labute approximate surface area is 114 Å². The maximum atomic E-state index is 13.2. The van der Waals surface area contributed by atoms with E-state index < -0.39 is 0 Å². The molecule has 3 aromatic rings. The van der Waals surface area contributed by atoms with Crippen LogP contribution in [0.25, 0.3) is 17.1 Å². The number of tetrazole rings is 1. The van der Waals surface area contributed by atoms with E-state index in [-0.39, 0.29) is 12.4 Å². The van der Waals surface area contributed by atoms with Gasteiger partial charge in [-0.05, 0) is 29.0 Å². The van der Waals surface area contributed by atoms with Crippen molar-refractivity contribution in [2.24, 2.45) is 5.73 Å². The summed E-state index contributed by atoms with van der Waals surface area (Å²) in [5.41, 5.74) is 7.74. The Morgan fingerprint density at radius 1 is 1.10 bits per heavy atom. The number of halogens is 1. The van der Waals surface area contributed by atoms with E-state index in [1.165, 1.54) is 16.9 Å². The van der Waals surface area contributed by atoms with Crippen molar-refractivity contribution in [2.75, 3.05) is 0 Å². The van der Waals surface area contributed by atoms with Crippen LogP contribution in [-0.2, 0) is 6.54 Å². The highest BCUT2D eigenvalue weighted by atomic mass is 19.1. The zero-order chi connectivity index (χ0) is 13.9. The van der Waals surface area contributed by atoms with Crippen LogP contribution in [0.3, 0.4) is 0 Å². The molecule has 5 nitrogen and oxygen atoms in total. The summed E-state index contributed by atoms with van der Waals surface area (Å²) in [6.45, 7) is 0.204. The third kappa shape index (κ3) is 2.28. The van der Waals surface area contributed by atoms with E-state index in [4.69, 9.17) is 5.73 Å². The first-order valence-electron chi connectivity index (χ1n) is 6.12. The Kier molecular flexibility index (Phi) is 3.22. The summed E-state index contributed by atoms with van der Waals surface area (Å²) < 4.78 is 13.2. The Morgan fingerprint density at radius 2 is 1.90 bits per heavy atom. The van der Waals surface area contributed by atoms with Gasteiger partial charge in [0.1, 0.15) is 5.82 Å². The van der Waals surface area contributed by atoms with Crippen molar-refractivity contribution >= 4 is 0 Å². The van der Waals surface area contributed by atoms with Crippen molar-refractivity contribution < 1.29 is 4.39 Å². The number of rotatable bonds is 3. The number of nitrogens with two attached hydrogens (primary N) is 1. The number of hydrogen-bond donors (Lipinski definition) is 1. The van der Waals surface area contributed by atoms with Crippen molar-refractivity contribution in [1.82, 2.24) is 20.2 Å². The first-order chi connectivity index (χ1) is 9.78. The van der Waals surface area contributed by atoms with E-state index in [9.17, 15) is 4.39 Å². The molecule has 1 heterocycles. The summed E-state index contributed by atoms with van der Waals surface area (Å²) in [6, 6.07) is 13.8. The molecule has 0 fully saturated rings. The lowest BCUT2D eigenvalue weighted by atomic mass is 10.2. The molecule has 0 aliphatic heterocycles. The standard InChI is InChI=1S/C14H12FN5/c15-12-6-7-13(11(8-12)9-16)20-18-14(17-19-20)10-4-2-1-3-5-10/h1-8H,9,16H2. The zero-order valence-electron chi connectivity index (χ0n) is 10.6. The van der Waals surface area contributed by atoms with Crippen molar-refractivity contribution in [3.8, 4) is 17.1 Å². The fraction of sp³-hybridized carbons (Fsp3) is 0.0714. The number of hydrogen-bond acceptors (Lipinski definition) is 4. The minimum atomic E-state index is -0.336. The fourth-order valence-corrected chi connectivity index (χ4v) is 1.93. The van der Waals surface area contributed by atoms with Crippen LogP contribution in [0.15, 0.2) is 48.5 Å². The molecule has 0 aliphatic rings. The van der Waals surface area contributed by atoms with E-state index in [1.54, 1.807) is 6.07 Å². The normalized spacial score (nSPS) is 10.7. The van der Waals surface area contributed by atoms with Crippen LogP contribution >= 0.6 is 0 Å².